The van der Waals surface area contributed by atoms with E-state index in [1.165, 1.54) is 7.11 Å². The minimum absolute atomic E-state index is 0.281. The first-order chi connectivity index (χ1) is 7.03. The predicted molar refractivity (Wildman–Crippen MR) is 65.6 cm³/mol. The molecule has 4 heteroatoms. The topological polar surface area (TPSA) is 26.3 Å². The van der Waals surface area contributed by atoms with E-state index >= 15 is 0 Å². The molecule has 1 aromatic carbocycles. The third-order valence-corrected chi connectivity index (χ3v) is 6.96. The molecule has 0 spiro atoms. The third-order valence-electron chi connectivity index (χ3n) is 2.40. The van der Waals surface area contributed by atoms with E-state index in [-0.39, 0.29) is 5.97 Å². The van der Waals surface area contributed by atoms with Crippen molar-refractivity contribution in [3.8, 4) is 0 Å². The highest BCUT2D eigenvalue weighted by Gasteiger charge is 2.27. The Labute approximate surface area is 96.2 Å². The van der Waals surface area contributed by atoms with Crippen LogP contribution in [0.2, 0.25) is 13.1 Å². The molecule has 0 amide bonds. The molecule has 0 fully saturated rings. The van der Waals surface area contributed by atoms with Crippen LogP contribution in [0.3, 0.4) is 0 Å². The number of halogens is 1. The second-order valence-corrected chi connectivity index (χ2v) is 9.43. The Balaban J connectivity index is 3.23. The summed E-state index contributed by atoms with van der Waals surface area (Å²) in [5.41, 5.74) is 1.25. The molecule has 82 valence electrons. The Morgan fingerprint density at radius 2 is 2.00 bits per heavy atom. The van der Waals surface area contributed by atoms with Crippen molar-refractivity contribution in [3.05, 3.63) is 29.8 Å². The van der Waals surface area contributed by atoms with Crippen molar-refractivity contribution in [3.63, 3.8) is 0 Å². The number of hydrogen-bond acceptors (Lipinski definition) is 2. The standard InChI is InChI=1S/C11H15ClO2Si/c1-14-11(13)9-6-4-5-7-10(9)15(2,3)8-12/h4-7H,8H2,1-3H3. The fourth-order valence-corrected chi connectivity index (χ4v) is 3.47. The van der Waals surface area contributed by atoms with Gasteiger partial charge in [0.2, 0.25) is 0 Å². The molecular weight excluding hydrogens is 228 g/mol. The molecule has 1 aromatic rings. The van der Waals surface area contributed by atoms with Gasteiger partial charge in [-0.3, -0.25) is 0 Å². The molecule has 0 aromatic heterocycles. The van der Waals surface area contributed by atoms with Crippen LogP contribution in [-0.2, 0) is 4.74 Å². The van der Waals surface area contributed by atoms with Crippen molar-refractivity contribution in [1.29, 1.82) is 0 Å². The van der Waals surface area contributed by atoms with E-state index in [1.807, 2.05) is 18.2 Å². The van der Waals surface area contributed by atoms with E-state index in [9.17, 15) is 4.79 Å². The molecule has 1 rings (SSSR count). The normalized spacial score (nSPS) is 11.2. The van der Waals surface area contributed by atoms with Gasteiger partial charge in [-0.15, -0.1) is 11.6 Å². The van der Waals surface area contributed by atoms with Crippen LogP contribution in [0.1, 0.15) is 10.4 Å². The number of methoxy groups -OCH3 is 1. The predicted octanol–water partition coefficient (Wildman–Crippen LogP) is 2.17. The first-order valence-electron chi connectivity index (χ1n) is 4.76. The Morgan fingerprint density at radius 1 is 1.40 bits per heavy atom. The molecule has 0 saturated carbocycles. The summed E-state index contributed by atoms with van der Waals surface area (Å²) in [5.74, 6) is -0.281. The zero-order chi connectivity index (χ0) is 11.5. The minimum atomic E-state index is -1.71. The lowest BCUT2D eigenvalue weighted by atomic mass is 10.2. The minimum Gasteiger partial charge on any atom is -0.465 e. The van der Waals surface area contributed by atoms with E-state index in [0.29, 0.717) is 11.1 Å². The van der Waals surface area contributed by atoms with Gasteiger partial charge in [-0.1, -0.05) is 31.3 Å². The van der Waals surface area contributed by atoms with Gasteiger partial charge in [-0.25, -0.2) is 4.79 Å². The lowest BCUT2D eigenvalue weighted by Crippen LogP contribution is -2.46. The molecule has 0 aliphatic rings. The lowest BCUT2D eigenvalue weighted by Gasteiger charge is -2.21. The van der Waals surface area contributed by atoms with Gasteiger partial charge in [0.05, 0.1) is 20.7 Å². The van der Waals surface area contributed by atoms with E-state index in [2.05, 4.69) is 13.1 Å². The summed E-state index contributed by atoms with van der Waals surface area (Å²) in [4.78, 5) is 11.6. The van der Waals surface area contributed by atoms with Crippen molar-refractivity contribution in [2.24, 2.45) is 0 Å². The van der Waals surface area contributed by atoms with Crippen LogP contribution in [0.4, 0.5) is 0 Å². The van der Waals surface area contributed by atoms with Crippen LogP contribution in [0.15, 0.2) is 24.3 Å². The Bertz CT molecular complexity index is 363. The smallest absolute Gasteiger partial charge is 0.337 e. The summed E-state index contributed by atoms with van der Waals surface area (Å²) < 4.78 is 4.76. The maximum absolute atomic E-state index is 11.6. The summed E-state index contributed by atoms with van der Waals surface area (Å²) in [7, 11) is -0.315. The average molecular weight is 243 g/mol. The number of hydrogen-bond donors (Lipinski definition) is 0. The first kappa shape index (κ1) is 12.3. The Kier molecular flexibility index (Phi) is 3.94. The van der Waals surface area contributed by atoms with Gasteiger partial charge in [0.1, 0.15) is 0 Å². The quantitative estimate of drug-likeness (QED) is 0.461. The van der Waals surface area contributed by atoms with E-state index < -0.39 is 8.07 Å². The molecule has 0 aliphatic carbocycles. The first-order valence-corrected chi connectivity index (χ1v) is 8.51. The highest BCUT2D eigenvalue weighted by molar-refractivity contribution is 6.94. The molecule has 0 N–H and O–H groups in total. The summed E-state index contributed by atoms with van der Waals surface area (Å²) in [6.45, 7) is 4.28. The maximum atomic E-state index is 11.6. The number of carbonyl (C=O) groups is 1. The zero-order valence-electron chi connectivity index (χ0n) is 9.21. The molecule has 0 bridgehead atoms. The number of alkyl halides is 1. The molecule has 0 radical (unpaired) electrons. The Hall–Kier alpha value is -0.803. The molecule has 0 heterocycles. The van der Waals surface area contributed by atoms with E-state index in [4.69, 9.17) is 16.3 Å². The number of ether oxygens (including phenoxy) is 1. The molecular formula is C11H15ClO2Si. The Morgan fingerprint density at radius 3 is 2.53 bits per heavy atom. The molecule has 15 heavy (non-hydrogen) atoms. The second-order valence-electron chi connectivity index (χ2n) is 4.05. The summed E-state index contributed by atoms with van der Waals surface area (Å²) >= 11 is 5.96. The van der Waals surface area contributed by atoms with Crippen molar-refractivity contribution >= 4 is 30.8 Å². The van der Waals surface area contributed by atoms with Crippen LogP contribution < -0.4 is 5.19 Å². The summed E-state index contributed by atoms with van der Waals surface area (Å²) in [6.07, 6.45) is 0. The number of benzene rings is 1. The van der Waals surface area contributed by atoms with Gasteiger partial charge in [0, 0.05) is 5.50 Å². The molecule has 0 aliphatic heterocycles. The van der Waals surface area contributed by atoms with Crippen LogP contribution in [-0.4, -0.2) is 26.7 Å². The van der Waals surface area contributed by atoms with Gasteiger partial charge >= 0.3 is 5.97 Å². The second kappa shape index (κ2) is 4.81. The number of esters is 1. The van der Waals surface area contributed by atoms with Crippen molar-refractivity contribution in [1.82, 2.24) is 0 Å². The molecule has 0 saturated heterocycles. The van der Waals surface area contributed by atoms with E-state index in [1.54, 1.807) is 6.07 Å². The molecule has 0 unspecified atom stereocenters. The van der Waals surface area contributed by atoms with Crippen molar-refractivity contribution in [2.45, 2.75) is 13.1 Å². The fraction of sp³-hybridized carbons (Fsp3) is 0.364. The van der Waals surface area contributed by atoms with Gasteiger partial charge in [-0.2, -0.15) is 0 Å². The highest BCUT2D eigenvalue weighted by atomic mass is 35.5. The maximum Gasteiger partial charge on any atom is 0.337 e. The van der Waals surface area contributed by atoms with Crippen molar-refractivity contribution < 1.29 is 9.53 Å². The average Bonchev–Trinajstić information content (AvgIpc) is 2.28. The van der Waals surface area contributed by atoms with Crippen LogP contribution in [0.5, 0.6) is 0 Å². The molecule has 2 nitrogen and oxygen atoms in total. The van der Waals surface area contributed by atoms with Crippen molar-refractivity contribution in [2.75, 3.05) is 12.6 Å². The van der Waals surface area contributed by atoms with Crippen LogP contribution in [0.25, 0.3) is 0 Å². The number of rotatable bonds is 3. The fourth-order valence-electron chi connectivity index (χ4n) is 1.43. The summed E-state index contributed by atoms with van der Waals surface area (Å²) in [6, 6.07) is 7.54. The number of carbonyl (C=O) groups excluding carboxylic acids is 1. The lowest BCUT2D eigenvalue weighted by molar-refractivity contribution is 0.0602. The largest absolute Gasteiger partial charge is 0.465 e. The monoisotopic (exact) mass is 242 g/mol. The highest BCUT2D eigenvalue weighted by Crippen LogP contribution is 2.10. The summed E-state index contributed by atoms with van der Waals surface area (Å²) in [5, 5.41) is 1.06. The van der Waals surface area contributed by atoms with Gasteiger partial charge in [-0.05, 0) is 11.3 Å². The van der Waals surface area contributed by atoms with Gasteiger partial charge in [0.15, 0.2) is 0 Å². The van der Waals surface area contributed by atoms with E-state index in [0.717, 1.165) is 5.19 Å². The third kappa shape index (κ3) is 2.61. The van der Waals surface area contributed by atoms with Crippen LogP contribution in [0, 0.1) is 0 Å². The zero-order valence-corrected chi connectivity index (χ0v) is 11.0. The van der Waals surface area contributed by atoms with Crippen LogP contribution >= 0.6 is 11.6 Å². The van der Waals surface area contributed by atoms with Gasteiger partial charge < -0.3 is 4.74 Å². The molecule has 0 atom stereocenters. The SMILES string of the molecule is COC(=O)c1ccccc1[Si](C)(C)CCl. The van der Waals surface area contributed by atoms with Gasteiger partial charge in [0.25, 0.3) is 0 Å².